The van der Waals surface area contributed by atoms with Crippen molar-refractivity contribution in [3.05, 3.63) is 36.0 Å². The lowest BCUT2D eigenvalue weighted by Gasteiger charge is -2.22. The van der Waals surface area contributed by atoms with Gasteiger partial charge >= 0.3 is 10.2 Å². The Morgan fingerprint density at radius 3 is 2.64 bits per heavy atom. The fourth-order valence-electron chi connectivity index (χ4n) is 2.91. The highest BCUT2D eigenvalue weighted by atomic mass is 32.2. The van der Waals surface area contributed by atoms with E-state index in [0.717, 1.165) is 37.6 Å². The van der Waals surface area contributed by atoms with Crippen LogP contribution < -0.4 is 9.44 Å². The molecular formula is C15H19N3O3S. The lowest BCUT2D eigenvalue weighted by molar-refractivity contribution is 0.0982. The second kappa shape index (κ2) is 6.10. The summed E-state index contributed by atoms with van der Waals surface area (Å²) in [4.78, 5) is 15.2. The number of H-pyrrole nitrogens is 1. The molecule has 0 unspecified atom stereocenters. The van der Waals surface area contributed by atoms with Gasteiger partial charge in [-0.05, 0) is 18.9 Å². The first-order valence-electron chi connectivity index (χ1n) is 7.46. The summed E-state index contributed by atoms with van der Waals surface area (Å²) >= 11 is 0. The maximum Gasteiger partial charge on any atom is 0.301 e. The molecule has 2 aromatic rings. The van der Waals surface area contributed by atoms with E-state index in [-0.39, 0.29) is 6.04 Å². The van der Waals surface area contributed by atoms with Crippen molar-refractivity contribution in [2.24, 2.45) is 0 Å². The molecule has 6 nitrogen and oxygen atoms in total. The van der Waals surface area contributed by atoms with Crippen molar-refractivity contribution in [1.29, 1.82) is 0 Å². The zero-order valence-corrected chi connectivity index (χ0v) is 12.9. The second-order valence-electron chi connectivity index (χ2n) is 5.64. The van der Waals surface area contributed by atoms with Gasteiger partial charge < -0.3 is 4.98 Å². The average Bonchev–Trinajstić information content (AvgIpc) is 2.91. The van der Waals surface area contributed by atoms with Crippen LogP contribution in [0, 0.1) is 0 Å². The molecule has 1 aromatic carbocycles. The quantitative estimate of drug-likeness (QED) is 0.805. The first-order chi connectivity index (χ1) is 10.6. The van der Waals surface area contributed by atoms with Crippen LogP contribution in [0.1, 0.15) is 42.5 Å². The topological polar surface area (TPSA) is 91.1 Å². The summed E-state index contributed by atoms with van der Waals surface area (Å²) in [5.41, 5.74) is 1.12. The van der Waals surface area contributed by atoms with Crippen LogP contribution in [0.15, 0.2) is 30.5 Å². The van der Waals surface area contributed by atoms with Gasteiger partial charge in [-0.15, -0.1) is 0 Å². The molecule has 1 saturated carbocycles. The number of benzene rings is 1. The van der Waals surface area contributed by atoms with Crippen molar-refractivity contribution in [3.8, 4) is 0 Å². The van der Waals surface area contributed by atoms with Gasteiger partial charge in [0.05, 0.1) is 5.56 Å². The Labute approximate surface area is 129 Å². The van der Waals surface area contributed by atoms with Gasteiger partial charge in [-0.25, -0.2) is 4.72 Å². The molecule has 0 spiro atoms. The summed E-state index contributed by atoms with van der Waals surface area (Å²) in [6.07, 6.45) is 6.34. The molecule has 0 radical (unpaired) electrons. The minimum Gasteiger partial charge on any atom is -0.360 e. The molecule has 0 atom stereocenters. The van der Waals surface area contributed by atoms with Crippen molar-refractivity contribution in [2.75, 3.05) is 0 Å². The molecule has 0 bridgehead atoms. The van der Waals surface area contributed by atoms with E-state index in [9.17, 15) is 13.2 Å². The standard InChI is InChI=1S/C15H19N3O3S/c19-15(13-10-16-14-9-5-4-8-12(13)14)18-22(20,21)17-11-6-2-1-3-7-11/h4-5,8-11,16-17H,1-3,6-7H2,(H,18,19). The predicted octanol–water partition coefficient (Wildman–Crippen LogP) is 2.06. The highest BCUT2D eigenvalue weighted by Crippen LogP contribution is 2.19. The SMILES string of the molecule is O=C(NS(=O)(=O)NC1CCCCC1)c1c[nH]c2ccccc12. The fourth-order valence-corrected chi connectivity index (χ4v) is 3.99. The minimum absolute atomic E-state index is 0.0815. The molecule has 7 heteroatoms. The van der Waals surface area contributed by atoms with Crippen LogP contribution in [0.5, 0.6) is 0 Å². The number of hydrogen-bond donors (Lipinski definition) is 3. The zero-order chi connectivity index (χ0) is 15.6. The summed E-state index contributed by atoms with van der Waals surface area (Å²) in [6.45, 7) is 0. The number of aromatic nitrogens is 1. The van der Waals surface area contributed by atoms with E-state index >= 15 is 0 Å². The van der Waals surface area contributed by atoms with Crippen molar-refractivity contribution in [1.82, 2.24) is 14.4 Å². The second-order valence-corrected chi connectivity index (χ2v) is 7.08. The summed E-state index contributed by atoms with van der Waals surface area (Å²) in [7, 11) is -3.84. The first kappa shape index (κ1) is 15.1. The van der Waals surface area contributed by atoms with Crippen LogP contribution in [-0.2, 0) is 10.2 Å². The molecule has 1 heterocycles. The highest BCUT2D eigenvalue weighted by molar-refractivity contribution is 7.88. The number of amides is 1. The third-order valence-electron chi connectivity index (χ3n) is 3.99. The van der Waals surface area contributed by atoms with Crippen LogP contribution in [0.25, 0.3) is 10.9 Å². The molecule has 1 amide bonds. The van der Waals surface area contributed by atoms with Crippen LogP contribution in [0.2, 0.25) is 0 Å². The number of carbonyl (C=O) groups is 1. The van der Waals surface area contributed by atoms with Crippen LogP contribution >= 0.6 is 0 Å². The summed E-state index contributed by atoms with van der Waals surface area (Å²) < 4.78 is 28.8. The number of nitrogens with one attached hydrogen (secondary N) is 3. The van der Waals surface area contributed by atoms with E-state index < -0.39 is 16.1 Å². The molecular weight excluding hydrogens is 302 g/mol. The van der Waals surface area contributed by atoms with E-state index in [4.69, 9.17) is 0 Å². The van der Waals surface area contributed by atoms with E-state index in [1.54, 1.807) is 6.07 Å². The van der Waals surface area contributed by atoms with Gasteiger partial charge in [-0.1, -0.05) is 37.5 Å². The smallest absolute Gasteiger partial charge is 0.301 e. The summed E-state index contributed by atoms with van der Waals surface area (Å²) in [5, 5.41) is 0.702. The van der Waals surface area contributed by atoms with Crippen molar-refractivity contribution in [3.63, 3.8) is 0 Å². The molecule has 3 N–H and O–H groups in total. The van der Waals surface area contributed by atoms with Gasteiger partial charge in [0.25, 0.3) is 5.91 Å². The number of hydrogen-bond acceptors (Lipinski definition) is 3. The molecule has 3 rings (SSSR count). The Balaban J connectivity index is 1.72. The van der Waals surface area contributed by atoms with Gasteiger partial charge in [-0.3, -0.25) is 4.79 Å². The minimum atomic E-state index is -3.84. The normalized spacial score (nSPS) is 16.7. The van der Waals surface area contributed by atoms with E-state index in [0.29, 0.717) is 10.9 Å². The molecule has 1 aliphatic carbocycles. The van der Waals surface area contributed by atoms with Crippen LogP contribution in [-0.4, -0.2) is 25.4 Å². The maximum absolute atomic E-state index is 12.2. The lowest BCUT2D eigenvalue weighted by atomic mass is 9.96. The largest absolute Gasteiger partial charge is 0.360 e. The van der Waals surface area contributed by atoms with E-state index in [1.165, 1.54) is 6.20 Å². The Hall–Kier alpha value is -1.86. The van der Waals surface area contributed by atoms with Crippen molar-refractivity contribution >= 4 is 27.0 Å². The first-order valence-corrected chi connectivity index (χ1v) is 8.94. The highest BCUT2D eigenvalue weighted by Gasteiger charge is 2.23. The van der Waals surface area contributed by atoms with E-state index in [1.807, 2.05) is 18.2 Å². The van der Waals surface area contributed by atoms with Crippen molar-refractivity contribution < 1.29 is 13.2 Å². The van der Waals surface area contributed by atoms with Gasteiger partial charge in [0.15, 0.2) is 0 Å². The summed E-state index contributed by atoms with van der Waals surface area (Å²) in [5.74, 6) is -0.624. The Morgan fingerprint density at radius 1 is 1.14 bits per heavy atom. The Kier molecular flexibility index (Phi) is 4.17. The van der Waals surface area contributed by atoms with Gasteiger partial charge in [0.1, 0.15) is 0 Å². The predicted molar refractivity (Wildman–Crippen MR) is 84.7 cm³/mol. The molecule has 0 aliphatic heterocycles. The average molecular weight is 321 g/mol. The molecule has 1 aliphatic rings. The number of aromatic amines is 1. The third-order valence-corrected chi connectivity index (χ3v) is 5.09. The van der Waals surface area contributed by atoms with E-state index in [2.05, 4.69) is 14.4 Å². The van der Waals surface area contributed by atoms with Crippen LogP contribution in [0.4, 0.5) is 0 Å². The number of para-hydroxylation sites is 1. The fraction of sp³-hybridized carbons (Fsp3) is 0.400. The third kappa shape index (κ3) is 3.31. The van der Waals surface area contributed by atoms with Crippen molar-refractivity contribution in [2.45, 2.75) is 38.1 Å². The number of rotatable bonds is 4. The molecule has 118 valence electrons. The van der Waals surface area contributed by atoms with Gasteiger partial charge in [0, 0.05) is 23.1 Å². The molecule has 1 aromatic heterocycles. The van der Waals surface area contributed by atoms with Gasteiger partial charge in [0.2, 0.25) is 0 Å². The van der Waals surface area contributed by atoms with Crippen LogP contribution in [0.3, 0.4) is 0 Å². The number of fused-ring (bicyclic) bond motifs is 1. The molecule has 1 fully saturated rings. The Morgan fingerprint density at radius 2 is 1.86 bits per heavy atom. The monoisotopic (exact) mass is 321 g/mol. The zero-order valence-electron chi connectivity index (χ0n) is 12.1. The Bertz CT molecular complexity index is 776. The summed E-state index contributed by atoms with van der Waals surface area (Å²) in [6, 6.07) is 7.19. The molecule has 0 saturated heterocycles. The molecule has 22 heavy (non-hydrogen) atoms. The van der Waals surface area contributed by atoms with Gasteiger partial charge in [-0.2, -0.15) is 13.1 Å². The number of carbonyl (C=O) groups excluding carboxylic acids is 1. The lowest BCUT2D eigenvalue weighted by Crippen LogP contribution is -2.45. The maximum atomic E-state index is 12.2.